The molecule has 0 fully saturated rings. The zero-order chi connectivity index (χ0) is 19.5. The van der Waals surface area contributed by atoms with Crippen LogP contribution < -0.4 is 25.5 Å². The summed E-state index contributed by atoms with van der Waals surface area (Å²) in [5, 5.41) is 8.63. The first-order chi connectivity index (χ1) is 13.6. The fourth-order valence-electron chi connectivity index (χ4n) is 3.13. The minimum atomic E-state index is -0.702. The van der Waals surface area contributed by atoms with Crippen LogP contribution in [0.1, 0.15) is 12.8 Å². The number of hydrogen-bond acceptors (Lipinski definition) is 6. The third-order valence-corrected chi connectivity index (χ3v) is 4.53. The minimum Gasteiger partial charge on any atom is -0.490 e. The lowest BCUT2D eigenvalue weighted by Crippen LogP contribution is -2.39. The first-order valence-corrected chi connectivity index (χ1v) is 9.04. The Morgan fingerprint density at radius 1 is 1.07 bits per heavy atom. The molecule has 2 aliphatic heterocycles. The van der Waals surface area contributed by atoms with Crippen LogP contribution in [0.4, 0.5) is 11.4 Å². The molecule has 2 heterocycles. The second-order valence-corrected chi connectivity index (χ2v) is 6.52. The van der Waals surface area contributed by atoms with Crippen LogP contribution in [-0.4, -0.2) is 36.8 Å². The number of carbonyl (C=O) groups is 2. The lowest BCUT2D eigenvalue weighted by Gasteiger charge is -2.20. The summed E-state index contributed by atoms with van der Waals surface area (Å²) in [6.07, 6.45) is 0.942. The highest BCUT2D eigenvalue weighted by molar-refractivity contribution is 6.44. The van der Waals surface area contributed by atoms with E-state index in [1.165, 1.54) is 5.01 Å². The van der Waals surface area contributed by atoms with Gasteiger partial charge in [-0.1, -0.05) is 18.2 Å². The maximum atomic E-state index is 12.7. The highest BCUT2D eigenvalue weighted by Gasteiger charge is 2.35. The van der Waals surface area contributed by atoms with Crippen LogP contribution in [0.25, 0.3) is 0 Å². The molecule has 0 spiro atoms. The van der Waals surface area contributed by atoms with Crippen molar-refractivity contribution in [3.8, 4) is 11.5 Å². The number of para-hydroxylation sites is 1. The van der Waals surface area contributed by atoms with Gasteiger partial charge in [0.05, 0.1) is 18.9 Å². The van der Waals surface area contributed by atoms with Gasteiger partial charge in [0.15, 0.2) is 11.5 Å². The molecule has 1 atom stereocenters. The summed E-state index contributed by atoms with van der Waals surface area (Å²) in [5.74, 6) is 0.312. The highest BCUT2D eigenvalue weighted by Crippen LogP contribution is 2.32. The molecule has 2 aromatic rings. The topological polar surface area (TPSA) is 106 Å². The molecule has 0 aliphatic carbocycles. The van der Waals surface area contributed by atoms with E-state index in [4.69, 9.17) is 15.2 Å². The van der Waals surface area contributed by atoms with Crippen molar-refractivity contribution in [3.63, 3.8) is 0 Å². The van der Waals surface area contributed by atoms with Crippen molar-refractivity contribution in [1.29, 1.82) is 0 Å². The molecule has 2 aromatic carbocycles. The largest absolute Gasteiger partial charge is 0.490 e. The lowest BCUT2D eigenvalue weighted by atomic mass is 10.1. The van der Waals surface area contributed by atoms with E-state index in [1.807, 2.05) is 30.3 Å². The van der Waals surface area contributed by atoms with Gasteiger partial charge in [0.2, 0.25) is 5.91 Å². The van der Waals surface area contributed by atoms with Gasteiger partial charge in [-0.25, -0.2) is 0 Å². The molecule has 1 unspecified atom stereocenters. The zero-order valence-electron chi connectivity index (χ0n) is 15.1. The monoisotopic (exact) mass is 380 g/mol. The van der Waals surface area contributed by atoms with E-state index in [1.54, 1.807) is 18.2 Å². The Morgan fingerprint density at radius 2 is 1.82 bits per heavy atom. The van der Waals surface area contributed by atoms with E-state index in [2.05, 4.69) is 10.4 Å². The molecule has 0 bridgehead atoms. The van der Waals surface area contributed by atoms with Gasteiger partial charge in [-0.3, -0.25) is 14.6 Å². The predicted octanol–water partition coefficient (Wildman–Crippen LogP) is 1.91. The Labute approximate surface area is 161 Å². The number of anilines is 2. The maximum Gasteiger partial charge on any atom is 0.271 e. The maximum absolute atomic E-state index is 12.7. The van der Waals surface area contributed by atoms with Gasteiger partial charge in [-0.05, 0) is 24.3 Å². The number of nitrogens with two attached hydrogens (primary N) is 1. The molecule has 8 nitrogen and oxygen atoms in total. The van der Waals surface area contributed by atoms with Crippen molar-refractivity contribution < 1.29 is 19.1 Å². The van der Waals surface area contributed by atoms with Crippen molar-refractivity contribution in [2.75, 3.05) is 23.5 Å². The number of rotatable bonds is 4. The van der Waals surface area contributed by atoms with E-state index in [0.717, 1.165) is 6.42 Å². The third kappa shape index (κ3) is 3.62. The SMILES string of the molecule is NC(=O)C1CC(C(=O)Nc2ccc3c(c2)OCCCO3)=NN1c1ccccc1. The molecule has 144 valence electrons. The molecule has 0 saturated carbocycles. The number of benzene rings is 2. The standard InChI is InChI=1S/C20H20N4O4/c21-19(25)16-12-15(23-24(16)14-5-2-1-3-6-14)20(26)22-13-7-8-17-18(11-13)28-10-4-9-27-17/h1-3,5-8,11,16H,4,9-10,12H2,(H2,21,25)(H,22,26). The number of carbonyl (C=O) groups excluding carboxylic acids is 2. The average molecular weight is 380 g/mol. The molecule has 0 aromatic heterocycles. The van der Waals surface area contributed by atoms with Crippen LogP contribution in [0.5, 0.6) is 11.5 Å². The normalized spacial score (nSPS) is 18.2. The average Bonchev–Trinajstić information content (AvgIpc) is 3.03. The summed E-state index contributed by atoms with van der Waals surface area (Å²) >= 11 is 0. The molecule has 3 N–H and O–H groups in total. The molecule has 4 rings (SSSR count). The van der Waals surface area contributed by atoms with Crippen molar-refractivity contribution in [1.82, 2.24) is 0 Å². The summed E-state index contributed by atoms with van der Waals surface area (Å²) in [5.41, 5.74) is 7.01. The Hall–Kier alpha value is -3.55. The van der Waals surface area contributed by atoms with E-state index in [-0.39, 0.29) is 18.0 Å². The van der Waals surface area contributed by atoms with Crippen LogP contribution in [-0.2, 0) is 9.59 Å². The number of amides is 2. The summed E-state index contributed by atoms with van der Waals surface area (Å²) in [4.78, 5) is 24.6. The van der Waals surface area contributed by atoms with Crippen molar-refractivity contribution >= 4 is 28.9 Å². The number of hydrogen-bond donors (Lipinski definition) is 2. The number of ether oxygens (including phenoxy) is 2. The van der Waals surface area contributed by atoms with Crippen molar-refractivity contribution in [3.05, 3.63) is 48.5 Å². The van der Waals surface area contributed by atoms with Gasteiger partial charge in [0.25, 0.3) is 5.91 Å². The first-order valence-electron chi connectivity index (χ1n) is 9.04. The Kier molecular flexibility index (Phi) is 4.84. The van der Waals surface area contributed by atoms with Crippen molar-refractivity contribution in [2.45, 2.75) is 18.9 Å². The minimum absolute atomic E-state index is 0.139. The highest BCUT2D eigenvalue weighted by atomic mass is 16.5. The Balaban J connectivity index is 1.53. The van der Waals surface area contributed by atoms with Crippen LogP contribution in [0, 0.1) is 0 Å². The number of nitrogens with zero attached hydrogens (tertiary/aromatic N) is 2. The molecule has 2 amide bonds. The van der Waals surface area contributed by atoms with Gasteiger partial charge in [0.1, 0.15) is 11.8 Å². The molecule has 8 heteroatoms. The molecular formula is C20H20N4O4. The summed E-state index contributed by atoms with van der Waals surface area (Å²) in [6, 6.07) is 13.7. The van der Waals surface area contributed by atoms with Gasteiger partial charge in [-0.15, -0.1) is 0 Å². The zero-order valence-corrected chi connectivity index (χ0v) is 15.1. The lowest BCUT2D eigenvalue weighted by molar-refractivity contribution is -0.119. The Bertz CT molecular complexity index is 929. The van der Waals surface area contributed by atoms with Gasteiger partial charge >= 0.3 is 0 Å². The molecule has 0 radical (unpaired) electrons. The smallest absolute Gasteiger partial charge is 0.271 e. The fourth-order valence-corrected chi connectivity index (χ4v) is 3.13. The Morgan fingerprint density at radius 3 is 2.57 bits per heavy atom. The van der Waals surface area contributed by atoms with Gasteiger partial charge < -0.3 is 20.5 Å². The molecule has 0 saturated heterocycles. The number of fused-ring (bicyclic) bond motifs is 1. The van der Waals surface area contributed by atoms with Crippen LogP contribution in [0.2, 0.25) is 0 Å². The first kappa shape index (κ1) is 17.8. The molecular weight excluding hydrogens is 360 g/mol. The summed E-state index contributed by atoms with van der Waals surface area (Å²) in [6.45, 7) is 1.16. The second-order valence-electron chi connectivity index (χ2n) is 6.52. The van der Waals surface area contributed by atoms with Crippen LogP contribution >= 0.6 is 0 Å². The van der Waals surface area contributed by atoms with Crippen molar-refractivity contribution in [2.24, 2.45) is 10.8 Å². The van der Waals surface area contributed by atoms with Gasteiger partial charge in [-0.2, -0.15) is 5.10 Å². The quantitative estimate of drug-likeness (QED) is 0.843. The number of hydrazone groups is 1. The molecule has 28 heavy (non-hydrogen) atoms. The third-order valence-electron chi connectivity index (χ3n) is 4.53. The number of primary amides is 1. The molecule has 2 aliphatic rings. The number of nitrogens with one attached hydrogen (secondary N) is 1. The van der Waals surface area contributed by atoms with E-state index in [0.29, 0.717) is 36.1 Å². The van der Waals surface area contributed by atoms with Crippen LogP contribution in [0.3, 0.4) is 0 Å². The fraction of sp³-hybridized carbons (Fsp3) is 0.250. The van der Waals surface area contributed by atoms with E-state index >= 15 is 0 Å². The van der Waals surface area contributed by atoms with E-state index < -0.39 is 11.9 Å². The van der Waals surface area contributed by atoms with Crippen LogP contribution in [0.15, 0.2) is 53.6 Å². The van der Waals surface area contributed by atoms with E-state index in [9.17, 15) is 9.59 Å². The second kappa shape index (κ2) is 7.59. The summed E-state index contributed by atoms with van der Waals surface area (Å²) in [7, 11) is 0. The van der Waals surface area contributed by atoms with Gasteiger partial charge in [0, 0.05) is 24.6 Å². The predicted molar refractivity (Wildman–Crippen MR) is 105 cm³/mol. The summed E-state index contributed by atoms with van der Waals surface area (Å²) < 4.78 is 11.2.